The molecule has 1 amide bonds. The zero-order chi connectivity index (χ0) is 12.6. The third-order valence-electron chi connectivity index (χ3n) is 2.92. The Morgan fingerprint density at radius 2 is 2.24 bits per heavy atom. The normalized spacial score (nSPS) is 28.0. The van der Waals surface area contributed by atoms with Crippen molar-refractivity contribution in [3.8, 4) is 0 Å². The van der Waals surface area contributed by atoms with Crippen LogP contribution in [0.1, 0.15) is 19.3 Å². The minimum absolute atomic E-state index is 0.00219. The summed E-state index contributed by atoms with van der Waals surface area (Å²) < 4.78 is 41.3. The standard InChI is InChI=1S/C10H11F3INO2/c11-10(12,13)5-17-9(16)15-7-1-2-8(15)4-6(14)3-7/h3,7-8H,1-2,4-5H2. The lowest BCUT2D eigenvalue weighted by molar-refractivity contribution is -0.162. The zero-order valence-electron chi connectivity index (χ0n) is 8.84. The van der Waals surface area contributed by atoms with Gasteiger partial charge in [-0.05, 0) is 45.4 Å². The molecule has 17 heavy (non-hydrogen) atoms. The number of ether oxygens (including phenoxy) is 1. The number of carbonyl (C=O) groups excluding carboxylic acids is 1. The quantitative estimate of drug-likeness (QED) is 0.672. The third kappa shape index (κ3) is 3.05. The summed E-state index contributed by atoms with van der Waals surface area (Å²) in [5, 5.41) is 0. The van der Waals surface area contributed by atoms with Gasteiger partial charge in [-0.15, -0.1) is 0 Å². The molecule has 1 fully saturated rings. The number of fused-ring (bicyclic) bond motifs is 2. The SMILES string of the molecule is O=C(OCC(F)(F)F)N1C2C=C(I)CC1CC2. The van der Waals surface area contributed by atoms with Gasteiger partial charge >= 0.3 is 12.3 Å². The van der Waals surface area contributed by atoms with Crippen molar-refractivity contribution >= 4 is 28.7 Å². The average Bonchev–Trinajstić information content (AvgIpc) is 2.47. The molecular weight excluding hydrogens is 350 g/mol. The molecule has 0 spiro atoms. The van der Waals surface area contributed by atoms with Crippen LogP contribution >= 0.6 is 22.6 Å². The van der Waals surface area contributed by atoms with Crippen LogP contribution in [0.25, 0.3) is 0 Å². The van der Waals surface area contributed by atoms with E-state index in [1.165, 1.54) is 4.90 Å². The number of alkyl halides is 3. The van der Waals surface area contributed by atoms with Gasteiger partial charge in [-0.3, -0.25) is 4.90 Å². The first-order valence-corrected chi connectivity index (χ1v) is 6.33. The molecule has 7 heteroatoms. The fourth-order valence-corrected chi connectivity index (χ4v) is 3.20. The second-order valence-corrected chi connectivity index (χ2v) is 5.58. The zero-order valence-corrected chi connectivity index (χ0v) is 11.0. The molecule has 0 N–H and O–H groups in total. The highest BCUT2D eigenvalue weighted by Crippen LogP contribution is 2.37. The summed E-state index contributed by atoms with van der Waals surface area (Å²) in [5.74, 6) is 0. The Morgan fingerprint density at radius 3 is 2.82 bits per heavy atom. The Morgan fingerprint density at radius 1 is 1.53 bits per heavy atom. The van der Waals surface area contributed by atoms with E-state index in [0.717, 1.165) is 22.8 Å². The van der Waals surface area contributed by atoms with Crippen molar-refractivity contribution in [2.45, 2.75) is 37.5 Å². The molecule has 2 heterocycles. The number of halogens is 4. The van der Waals surface area contributed by atoms with Gasteiger partial charge in [0.15, 0.2) is 6.61 Å². The van der Waals surface area contributed by atoms with Gasteiger partial charge in [-0.2, -0.15) is 13.2 Å². The third-order valence-corrected chi connectivity index (χ3v) is 3.72. The summed E-state index contributed by atoms with van der Waals surface area (Å²) in [7, 11) is 0. The van der Waals surface area contributed by atoms with Crippen LogP contribution in [0.15, 0.2) is 9.66 Å². The van der Waals surface area contributed by atoms with Crippen molar-refractivity contribution in [2.75, 3.05) is 6.61 Å². The lowest BCUT2D eigenvalue weighted by atomic mass is 10.1. The summed E-state index contributed by atoms with van der Waals surface area (Å²) in [4.78, 5) is 13.0. The molecule has 0 aromatic carbocycles. The molecule has 0 aliphatic carbocycles. The second-order valence-electron chi connectivity index (χ2n) is 4.19. The first-order valence-electron chi connectivity index (χ1n) is 5.25. The summed E-state index contributed by atoms with van der Waals surface area (Å²) in [6.45, 7) is -1.51. The highest BCUT2D eigenvalue weighted by atomic mass is 127. The Hall–Kier alpha value is -0.470. The molecule has 3 nitrogen and oxygen atoms in total. The van der Waals surface area contributed by atoms with E-state index < -0.39 is 18.9 Å². The maximum atomic E-state index is 11.9. The molecule has 2 atom stereocenters. The van der Waals surface area contributed by atoms with Crippen molar-refractivity contribution in [3.05, 3.63) is 9.66 Å². The van der Waals surface area contributed by atoms with Crippen molar-refractivity contribution in [1.82, 2.24) is 4.90 Å². The van der Waals surface area contributed by atoms with Gasteiger partial charge in [0.1, 0.15) is 0 Å². The van der Waals surface area contributed by atoms with Crippen LogP contribution < -0.4 is 0 Å². The summed E-state index contributed by atoms with van der Waals surface area (Å²) in [5.41, 5.74) is 0. The molecular formula is C10H11F3INO2. The predicted molar refractivity (Wildman–Crippen MR) is 62.8 cm³/mol. The van der Waals surface area contributed by atoms with E-state index in [-0.39, 0.29) is 12.1 Å². The van der Waals surface area contributed by atoms with Gasteiger partial charge in [0, 0.05) is 6.04 Å². The fourth-order valence-electron chi connectivity index (χ4n) is 2.28. The molecule has 1 saturated heterocycles. The van der Waals surface area contributed by atoms with Crippen LogP contribution in [0.3, 0.4) is 0 Å². The summed E-state index contributed by atoms with van der Waals surface area (Å²) in [6, 6.07) is -0.0981. The van der Waals surface area contributed by atoms with Crippen LogP contribution in [0.2, 0.25) is 0 Å². The van der Waals surface area contributed by atoms with E-state index in [4.69, 9.17) is 0 Å². The summed E-state index contributed by atoms with van der Waals surface area (Å²) >= 11 is 2.20. The first kappa shape index (κ1) is 13.0. The lowest BCUT2D eigenvalue weighted by Crippen LogP contribution is -2.43. The smallest absolute Gasteiger partial charge is 0.422 e. The molecule has 2 unspecified atom stereocenters. The van der Waals surface area contributed by atoms with E-state index in [1.54, 1.807) is 0 Å². The van der Waals surface area contributed by atoms with Gasteiger partial charge in [-0.25, -0.2) is 4.79 Å². The highest BCUT2D eigenvalue weighted by molar-refractivity contribution is 14.1. The van der Waals surface area contributed by atoms with Crippen LogP contribution in [-0.2, 0) is 4.74 Å². The van der Waals surface area contributed by atoms with E-state index in [2.05, 4.69) is 27.3 Å². The number of amides is 1. The second kappa shape index (κ2) is 4.66. The van der Waals surface area contributed by atoms with Crippen LogP contribution in [0, 0.1) is 0 Å². The molecule has 2 rings (SSSR count). The van der Waals surface area contributed by atoms with Crippen LogP contribution in [0.5, 0.6) is 0 Å². The molecule has 2 aliphatic heterocycles. The minimum atomic E-state index is -4.46. The van der Waals surface area contributed by atoms with E-state index in [0.29, 0.717) is 0 Å². The topological polar surface area (TPSA) is 29.5 Å². The van der Waals surface area contributed by atoms with Crippen LogP contribution in [0.4, 0.5) is 18.0 Å². The lowest BCUT2D eigenvalue weighted by Gasteiger charge is -2.31. The molecule has 0 aromatic rings. The number of rotatable bonds is 1. The molecule has 0 radical (unpaired) electrons. The van der Waals surface area contributed by atoms with Gasteiger partial charge in [0.2, 0.25) is 0 Å². The average molecular weight is 361 g/mol. The van der Waals surface area contributed by atoms with Gasteiger partial charge in [0.05, 0.1) is 6.04 Å². The number of nitrogens with zero attached hydrogens (tertiary/aromatic N) is 1. The van der Waals surface area contributed by atoms with E-state index >= 15 is 0 Å². The Bertz CT molecular complexity index is 356. The minimum Gasteiger partial charge on any atom is -0.440 e. The van der Waals surface area contributed by atoms with E-state index in [1.807, 2.05) is 6.08 Å². The highest BCUT2D eigenvalue weighted by Gasteiger charge is 2.41. The maximum Gasteiger partial charge on any atom is 0.422 e. The van der Waals surface area contributed by atoms with Crippen molar-refractivity contribution in [1.29, 1.82) is 0 Å². The fraction of sp³-hybridized carbons (Fsp3) is 0.700. The molecule has 2 bridgehead atoms. The maximum absolute atomic E-state index is 11.9. The molecule has 0 aromatic heterocycles. The molecule has 2 aliphatic rings. The van der Waals surface area contributed by atoms with Gasteiger partial charge in [0.25, 0.3) is 0 Å². The number of hydrogen-bond donors (Lipinski definition) is 0. The first-order chi connectivity index (χ1) is 7.87. The monoisotopic (exact) mass is 361 g/mol. The Balaban J connectivity index is 1.97. The van der Waals surface area contributed by atoms with Crippen molar-refractivity contribution < 1.29 is 22.7 Å². The summed E-state index contributed by atoms with van der Waals surface area (Å²) in [6.07, 6.45) is -1.03. The van der Waals surface area contributed by atoms with E-state index in [9.17, 15) is 18.0 Å². The molecule has 0 saturated carbocycles. The van der Waals surface area contributed by atoms with Crippen LogP contribution in [-0.4, -0.2) is 35.9 Å². The van der Waals surface area contributed by atoms with Gasteiger partial charge < -0.3 is 4.74 Å². The number of carbonyl (C=O) groups is 1. The Kier molecular flexibility index (Phi) is 3.55. The van der Waals surface area contributed by atoms with Crippen molar-refractivity contribution in [2.24, 2.45) is 0 Å². The number of hydrogen-bond acceptors (Lipinski definition) is 2. The largest absolute Gasteiger partial charge is 0.440 e. The predicted octanol–water partition coefficient (Wildman–Crippen LogP) is 3.24. The Labute approximate surface area is 110 Å². The van der Waals surface area contributed by atoms with Crippen molar-refractivity contribution in [3.63, 3.8) is 0 Å². The molecule has 96 valence electrons. The van der Waals surface area contributed by atoms with Gasteiger partial charge in [-0.1, -0.05) is 6.08 Å².